The summed E-state index contributed by atoms with van der Waals surface area (Å²) in [6.45, 7) is 5.38. The first-order valence-corrected chi connectivity index (χ1v) is 6.29. The SMILES string of the molecule is Cc1cccc(CC(CN)N2CCCC2)c1. The van der Waals surface area contributed by atoms with E-state index in [1.165, 1.54) is 37.1 Å². The molecular weight excluding hydrogens is 196 g/mol. The van der Waals surface area contributed by atoms with Gasteiger partial charge >= 0.3 is 0 Å². The van der Waals surface area contributed by atoms with Crippen molar-refractivity contribution in [3.63, 3.8) is 0 Å². The van der Waals surface area contributed by atoms with Crippen LogP contribution in [0.25, 0.3) is 0 Å². The van der Waals surface area contributed by atoms with Gasteiger partial charge in [-0.05, 0) is 44.8 Å². The lowest BCUT2D eigenvalue weighted by Crippen LogP contribution is -2.40. The lowest BCUT2D eigenvalue weighted by Gasteiger charge is -2.26. The Labute approximate surface area is 98.4 Å². The Morgan fingerprint density at radius 1 is 1.31 bits per heavy atom. The third-order valence-corrected chi connectivity index (χ3v) is 3.48. The molecule has 0 aliphatic carbocycles. The molecule has 1 heterocycles. The van der Waals surface area contributed by atoms with E-state index in [4.69, 9.17) is 5.73 Å². The lowest BCUT2D eigenvalue weighted by molar-refractivity contribution is 0.246. The van der Waals surface area contributed by atoms with E-state index >= 15 is 0 Å². The first-order valence-electron chi connectivity index (χ1n) is 6.29. The van der Waals surface area contributed by atoms with Crippen molar-refractivity contribution in [1.82, 2.24) is 4.90 Å². The van der Waals surface area contributed by atoms with Crippen LogP contribution < -0.4 is 5.73 Å². The molecular formula is C14H22N2. The van der Waals surface area contributed by atoms with Gasteiger partial charge in [-0.25, -0.2) is 0 Å². The number of rotatable bonds is 4. The molecule has 1 saturated heterocycles. The predicted molar refractivity (Wildman–Crippen MR) is 68.5 cm³/mol. The van der Waals surface area contributed by atoms with Crippen molar-refractivity contribution in [2.24, 2.45) is 5.73 Å². The molecule has 0 aromatic heterocycles. The summed E-state index contributed by atoms with van der Waals surface area (Å²) in [6, 6.07) is 9.31. The second-order valence-corrected chi connectivity index (χ2v) is 4.83. The maximum Gasteiger partial charge on any atom is 0.0258 e. The predicted octanol–water partition coefficient (Wildman–Crippen LogP) is 1.96. The first-order chi connectivity index (χ1) is 7.79. The Morgan fingerprint density at radius 3 is 2.69 bits per heavy atom. The second kappa shape index (κ2) is 5.46. The van der Waals surface area contributed by atoms with Crippen molar-refractivity contribution in [3.8, 4) is 0 Å². The van der Waals surface area contributed by atoms with Crippen LogP contribution in [0.5, 0.6) is 0 Å². The molecule has 0 spiro atoms. The number of nitrogens with two attached hydrogens (primary N) is 1. The van der Waals surface area contributed by atoms with Gasteiger partial charge in [-0.1, -0.05) is 29.8 Å². The van der Waals surface area contributed by atoms with Gasteiger partial charge < -0.3 is 5.73 Å². The summed E-state index contributed by atoms with van der Waals surface area (Å²) in [5.74, 6) is 0. The minimum absolute atomic E-state index is 0.532. The van der Waals surface area contributed by atoms with Crippen LogP contribution in [0.3, 0.4) is 0 Å². The maximum absolute atomic E-state index is 5.90. The van der Waals surface area contributed by atoms with Crippen LogP contribution in [-0.2, 0) is 6.42 Å². The van der Waals surface area contributed by atoms with E-state index in [1.807, 2.05) is 0 Å². The molecule has 1 aliphatic rings. The summed E-state index contributed by atoms with van der Waals surface area (Å²) in [4.78, 5) is 2.54. The zero-order valence-electron chi connectivity index (χ0n) is 10.2. The molecule has 1 fully saturated rings. The van der Waals surface area contributed by atoms with E-state index in [0.29, 0.717) is 6.04 Å². The number of hydrogen-bond acceptors (Lipinski definition) is 2. The van der Waals surface area contributed by atoms with E-state index in [9.17, 15) is 0 Å². The highest BCUT2D eigenvalue weighted by atomic mass is 15.2. The van der Waals surface area contributed by atoms with Crippen LogP contribution in [0.2, 0.25) is 0 Å². The van der Waals surface area contributed by atoms with Crippen molar-refractivity contribution in [2.75, 3.05) is 19.6 Å². The van der Waals surface area contributed by atoms with Crippen molar-refractivity contribution >= 4 is 0 Å². The fourth-order valence-corrected chi connectivity index (χ4v) is 2.58. The normalized spacial score (nSPS) is 18.9. The van der Waals surface area contributed by atoms with Crippen molar-refractivity contribution in [1.29, 1.82) is 0 Å². The average molecular weight is 218 g/mol. The Kier molecular flexibility index (Phi) is 3.97. The molecule has 2 heteroatoms. The Balaban J connectivity index is 2.00. The van der Waals surface area contributed by atoms with Gasteiger partial charge in [0.25, 0.3) is 0 Å². The maximum atomic E-state index is 5.90. The van der Waals surface area contributed by atoms with Gasteiger partial charge in [0.1, 0.15) is 0 Å². The highest BCUT2D eigenvalue weighted by molar-refractivity contribution is 5.23. The van der Waals surface area contributed by atoms with E-state index in [1.54, 1.807) is 0 Å². The largest absolute Gasteiger partial charge is 0.329 e. The molecule has 88 valence electrons. The summed E-state index contributed by atoms with van der Waals surface area (Å²) >= 11 is 0. The molecule has 0 saturated carbocycles. The highest BCUT2D eigenvalue weighted by Crippen LogP contribution is 2.15. The fraction of sp³-hybridized carbons (Fsp3) is 0.571. The molecule has 1 unspecified atom stereocenters. The highest BCUT2D eigenvalue weighted by Gasteiger charge is 2.20. The van der Waals surface area contributed by atoms with Gasteiger partial charge in [-0.3, -0.25) is 4.90 Å². The zero-order valence-corrected chi connectivity index (χ0v) is 10.2. The van der Waals surface area contributed by atoms with Gasteiger partial charge in [0, 0.05) is 12.6 Å². The molecule has 1 aromatic rings. The number of nitrogens with zero attached hydrogens (tertiary/aromatic N) is 1. The van der Waals surface area contributed by atoms with Gasteiger partial charge in [0.05, 0.1) is 0 Å². The average Bonchev–Trinajstić information content (AvgIpc) is 2.79. The smallest absolute Gasteiger partial charge is 0.0258 e. The Hall–Kier alpha value is -0.860. The Morgan fingerprint density at radius 2 is 2.06 bits per heavy atom. The Bertz CT molecular complexity index is 329. The third-order valence-electron chi connectivity index (χ3n) is 3.48. The summed E-state index contributed by atoms with van der Waals surface area (Å²) in [6.07, 6.45) is 3.77. The standard InChI is InChI=1S/C14H22N2/c1-12-5-4-6-13(9-12)10-14(11-15)16-7-2-3-8-16/h4-6,9,14H,2-3,7-8,10-11,15H2,1H3. The van der Waals surface area contributed by atoms with Gasteiger partial charge in [-0.15, -0.1) is 0 Å². The molecule has 0 radical (unpaired) electrons. The number of likely N-dealkylation sites (tertiary alicyclic amines) is 1. The summed E-state index contributed by atoms with van der Waals surface area (Å²) < 4.78 is 0. The van der Waals surface area contributed by atoms with Crippen LogP contribution in [-0.4, -0.2) is 30.6 Å². The quantitative estimate of drug-likeness (QED) is 0.837. The van der Waals surface area contributed by atoms with Crippen molar-refractivity contribution in [3.05, 3.63) is 35.4 Å². The number of benzene rings is 1. The molecule has 2 N–H and O–H groups in total. The molecule has 2 rings (SSSR count). The lowest BCUT2D eigenvalue weighted by atomic mass is 10.0. The van der Waals surface area contributed by atoms with Crippen LogP contribution in [0.1, 0.15) is 24.0 Å². The van der Waals surface area contributed by atoms with Crippen LogP contribution in [0.4, 0.5) is 0 Å². The topological polar surface area (TPSA) is 29.3 Å². The number of hydrogen-bond donors (Lipinski definition) is 1. The second-order valence-electron chi connectivity index (χ2n) is 4.83. The molecule has 16 heavy (non-hydrogen) atoms. The molecule has 0 bridgehead atoms. The summed E-state index contributed by atoms with van der Waals surface area (Å²) in [7, 11) is 0. The van der Waals surface area contributed by atoms with Crippen LogP contribution in [0, 0.1) is 6.92 Å². The van der Waals surface area contributed by atoms with E-state index in [0.717, 1.165) is 13.0 Å². The van der Waals surface area contributed by atoms with E-state index < -0.39 is 0 Å². The first kappa shape index (κ1) is 11.6. The molecule has 1 aliphatic heterocycles. The van der Waals surface area contributed by atoms with Gasteiger partial charge in [0.2, 0.25) is 0 Å². The molecule has 2 nitrogen and oxygen atoms in total. The molecule has 1 atom stereocenters. The van der Waals surface area contributed by atoms with Crippen LogP contribution >= 0.6 is 0 Å². The zero-order chi connectivity index (χ0) is 11.4. The van der Waals surface area contributed by atoms with Crippen molar-refractivity contribution < 1.29 is 0 Å². The van der Waals surface area contributed by atoms with Gasteiger partial charge in [0.15, 0.2) is 0 Å². The molecule has 0 amide bonds. The minimum Gasteiger partial charge on any atom is -0.329 e. The van der Waals surface area contributed by atoms with Crippen molar-refractivity contribution in [2.45, 2.75) is 32.2 Å². The summed E-state index contributed by atoms with van der Waals surface area (Å²) in [5.41, 5.74) is 8.66. The molecule has 1 aromatic carbocycles. The monoisotopic (exact) mass is 218 g/mol. The van der Waals surface area contributed by atoms with E-state index in [2.05, 4.69) is 36.1 Å². The minimum atomic E-state index is 0.532. The van der Waals surface area contributed by atoms with E-state index in [-0.39, 0.29) is 0 Å². The van der Waals surface area contributed by atoms with Crippen LogP contribution in [0.15, 0.2) is 24.3 Å². The third kappa shape index (κ3) is 2.83. The number of aryl methyl sites for hydroxylation is 1. The fourth-order valence-electron chi connectivity index (χ4n) is 2.58. The van der Waals surface area contributed by atoms with Gasteiger partial charge in [-0.2, -0.15) is 0 Å². The summed E-state index contributed by atoms with van der Waals surface area (Å²) in [5, 5.41) is 0.